The van der Waals surface area contributed by atoms with E-state index in [1.54, 1.807) is 12.4 Å². The van der Waals surface area contributed by atoms with Gasteiger partial charge in [0.15, 0.2) is 0 Å². The molecule has 0 spiro atoms. The molecule has 0 aromatic carbocycles. The van der Waals surface area contributed by atoms with E-state index in [0.717, 1.165) is 22.1 Å². The highest BCUT2D eigenvalue weighted by molar-refractivity contribution is 7.18. The maximum Gasteiger partial charge on any atom is 0.142 e. The topological polar surface area (TPSA) is 29.0 Å². The van der Waals surface area contributed by atoms with Gasteiger partial charge in [-0.25, -0.2) is 9.37 Å². The van der Waals surface area contributed by atoms with Crippen LogP contribution in [0, 0.1) is 5.82 Å². The Morgan fingerprint density at radius 1 is 1.38 bits per heavy atom. The number of thiazole rings is 1. The van der Waals surface area contributed by atoms with E-state index < -0.39 is 0 Å². The standard InChI is InChI=1S/C11H12FN3S/c1-3-15(2)10-7-14-11(16-10)8-4-9(12)6-13-5-8/h4-7H,3H2,1-2H3. The molecule has 2 aromatic heterocycles. The number of rotatable bonds is 3. The summed E-state index contributed by atoms with van der Waals surface area (Å²) >= 11 is 1.54. The largest absolute Gasteiger partial charge is 0.365 e. The molecule has 0 aliphatic carbocycles. The van der Waals surface area contributed by atoms with E-state index in [0.29, 0.717) is 0 Å². The number of halogens is 1. The molecule has 0 fully saturated rings. The molecule has 0 aliphatic heterocycles. The number of hydrogen-bond donors (Lipinski definition) is 0. The summed E-state index contributed by atoms with van der Waals surface area (Å²) in [7, 11) is 2.00. The Labute approximate surface area is 97.6 Å². The molecule has 3 nitrogen and oxygen atoms in total. The molecule has 84 valence electrons. The molecular formula is C11H12FN3S. The van der Waals surface area contributed by atoms with Crippen LogP contribution in [0.2, 0.25) is 0 Å². The van der Waals surface area contributed by atoms with Crippen molar-refractivity contribution in [2.75, 3.05) is 18.5 Å². The normalized spacial score (nSPS) is 10.4. The molecule has 2 aromatic rings. The van der Waals surface area contributed by atoms with Crippen LogP contribution in [0.5, 0.6) is 0 Å². The highest BCUT2D eigenvalue weighted by atomic mass is 32.1. The average Bonchev–Trinajstić information content (AvgIpc) is 2.77. The Balaban J connectivity index is 2.31. The Morgan fingerprint density at radius 2 is 2.19 bits per heavy atom. The van der Waals surface area contributed by atoms with Gasteiger partial charge in [-0.15, -0.1) is 0 Å². The van der Waals surface area contributed by atoms with Gasteiger partial charge in [-0.1, -0.05) is 11.3 Å². The lowest BCUT2D eigenvalue weighted by Crippen LogP contribution is -2.13. The van der Waals surface area contributed by atoms with Crippen LogP contribution in [0.4, 0.5) is 9.39 Å². The van der Waals surface area contributed by atoms with E-state index in [1.807, 2.05) is 7.05 Å². The van der Waals surface area contributed by atoms with E-state index >= 15 is 0 Å². The molecule has 16 heavy (non-hydrogen) atoms. The Morgan fingerprint density at radius 3 is 2.88 bits per heavy atom. The second-order valence-electron chi connectivity index (χ2n) is 3.41. The summed E-state index contributed by atoms with van der Waals surface area (Å²) in [6.45, 7) is 2.99. The van der Waals surface area contributed by atoms with Crippen molar-refractivity contribution < 1.29 is 4.39 Å². The molecular weight excluding hydrogens is 225 g/mol. The molecule has 2 rings (SSSR count). The van der Waals surface area contributed by atoms with Gasteiger partial charge in [-0.3, -0.25) is 4.98 Å². The minimum atomic E-state index is -0.335. The predicted octanol–water partition coefficient (Wildman–Crippen LogP) is 2.80. The lowest BCUT2D eigenvalue weighted by molar-refractivity contribution is 0.622. The first-order valence-corrected chi connectivity index (χ1v) is 5.80. The number of nitrogens with zero attached hydrogens (tertiary/aromatic N) is 3. The zero-order chi connectivity index (χ0) is 11.5. The van der Waals surface area contributed by atoms with E-state index in [2.05, 4.69) is 21.8 Å². The molecule has 0 N–H and O–H groups in total. The van der Waals surface area contributed by atoms with Gasteiger partial charge in [0.2, 0.25) is 0 Å². The third-order valence-corrected chi connectivity index (χ3v) is 3.46. The van der Waals surface area contributed by atoms with E-state index in [-0.39, 0.29) is 5.82 Å². The number of aromatic nitrogens is 2. The van der Waals surface area contributed by atoms with Gasteiger partial charge in [-0.2, -0.15) is 0 Å². The van der Waals surface area contributed by atoms with Gasteiger partial charge in [0, 0.05) is 25.4 Å². The maximum atomic E-state index is 13.0. The molecule has 2 heterocycles. The first-order valence-electron chi connectivity index (χ1n) is 4.98. The molecule has 0 atom stereocenters. The predicted molar refractivity (Wildman–Crippen MR) is 64.2 cm³/mol. The van der Waals surface area contributed by atoms with Gasteiger partial charge in [0.05, 0.1) is 12.4 Å². The van der Waals surface area contributed by atoms with Crippen LogP contribution in [0.25, 0.3) is 10.6 Å². The molecule has 0 saturated carbocycles. The zero-order valence-corrected chi connectivity index (χ0v) is 9.96. The number of pyridine rings is 1. The van der Waals surface area contributed by atoms with Crippen molar-refractivity contribution >= 4 is 16.3 Å². The lowest BCUT2D eigenvalue weighted by Gasteiger charge is -2.11. The fourth-order valence-electron chi connectivity index (χ4n) is 1.26. The summed E-state index contributed by atoms with van der Waals surface area (Å²) < 4.78 is 13.0. The third kappa shape index (κ3) is 2.19. The minimum absolute atomic E-state index is 0.335. The van der Waals surface area contributed by atoms with Crippen LogP contribution in [0.1, 0.15) is 6.92 Å². The van der Waals surface area contributed by atoms with Crippen molar-refractivity contribution in [3.8, 4) is 10.6 Å². The van der Waals surface area contributed by atoms with Gasteiger partial charge < -0.3 is 4.90 Å². The summed E-state index contributed by atoms with van der Waals surface area (Å²) in [5.74, 6) is -0.335. The molecule has 0 aliphatic rings. The molecule has 0 radical (unpaired) electrons. The minimum Gasteiger partial charge on any atom is -0.365 e. The van der Waals surface area contributed by atoms with Crippen LogP contribution in [-0.4, -0.2) is 23.6 Å². The van der Waals surface area contributed by atoms with E-state index in [9.17, 15) is 4.39 Å². The monoisotopic (exact) mass is 237 g/mol. The number of hydrogen-bond acceptors (Lipinski definition) is 4. The first-order chi connectivity index (χ1) is 7.70. The third-order valence-electron chi connectivity index (χ3n) is 2.30. The Kier molecular flexibility index (Phi) is 3.14. The summed E-state index contributed by atoms with van der Waals surface area (Å²) in [6, 6.07) is 1.45. The van der Waals surface area contributed by atoms with E-state index in [4.69, 9.17) is 0 Å². The highest BCUT2D eigenvalue weighted by Crippen LogP contribution is 2.29. The quantitative estimate of drug-likeness (QED) is 0.822. The Hall–Kier alpha value is -1.49. The van der Waals surface area contributed by atoms with Gasteiger partial charge in [0.25, 0.3) is 0 Å². The van der Waals surface area contributed by atoms with Crippen molar-refractivity contribution in [2.45, 2.75) is 6.92 Å². The van der Waals surface area contributed by atoms with Crippen LogP contribution in [0.3, 0.4) is 0 Å². The van der Waals surface area contributed by atoms with Crippen LogP contribution >= 0.6 is 11.3 Å². The second-order valence-corrected chi connectivity index (χ2v) is 4.42. The molecule has 0 bridgehead atoms. The van der Waals surface area contributed by atoms with Gasteiger partial charge in [0.1, 0.15) is 15.8 Å². The van der Waals surface area contributed by atoms with Crippen molar-refractivity contribution in [3.63, 3.8) is 0 Å². The van der Waals surface area contributed by atoms with Gasteiger partial charge >= 0.3 is 0 Å². The van der Waals surface area contributed by atoms with Crippen molar-refractivity contribution in [1.29, 1.82) is 0 Å². The second kappa shape index (κ2) is 4.57. The van der Waals surface area contributed by atoms with Crippen molar-refractivity contribution in [1.82, 2.24) is 9.97 Å². The fraction of sp³-hybridized carbons (Fsp3) is 0.273. The smallest absolute Gasteiger partial charge is 0.142 e. The maximum absolute atomic E-state index is 13.0. The van der Waals surface area contributed by atoms with Crippen LogP contribution < -0.4 is 4.90 Å². The number of anilines is 1. The Bertz CT molecular complexity index is 484. The SMILES string of the molecule is CCN(C)c1cnc(-c2cncc(F)c2)s1. The zero-order valence-electron chi connectivity index (χ0n) is 9.14. The van der Waals surface area contributed by atoms with Crippen LogP contribution in [0.15, 0.2) is 24.7 Å². The summed E-state index contributed by atoms with van der Waals surface area (Å²) in [5.41, 5.74) is 0.723. The molecule has 0 unspecified atom stereocenters. The summed E-state index contributed by atoms with van der Waals surface area (Å²) in [6.07, 6.45) is 4.61. The average molecular weight is 237 g/mol. The fourth-order valence-corrected chi connectivity index (χ4v) is 2.18. The van der Waals surface area contributed by atoms with Gasteiger partial charge in [-0.05, 0) is 13.0 Å². The first kappa shape index (κ1) is 11.0. The molecule has 0 saturated heterocycles. The highest BCUT2D eigenvalue weighted by Gasteiger charge is 2.08. The van der Waals surface area contributed by atoms with E-state index in [1.165, 1.54) is 23.6 Å². The van der Waals surface area contributed by atoms with Crippen LogP contribution in [-0.2, 0) is 0 Å². The lowest BCUT2D eigenvalue weighted by atomic mass is 10.3. The molecule has 0 amide bonds. The summed E-state index contributed by atoms with van der Waals surface area (Å²) in [5, 5.41) is 1.86. The summed E-state index contributed by atoms with van der Waals surface area (Å²) in [4.78, 5) is 10.2. The van der Waals surface area contributed by atoms with Crippen molar-refractivity contribution in [2.24, 2.45) is 0 Å². The molecule has 5 heteroatoms. The van der Waals surface area contributed by atoms with Crippen molar-refractivity contribution in [3.05, 3.63) is 30.5 Å².